The second-order valence-electron chi connectivity index (χ2n) is 7.05. The third kappa shape index (κ3) is 3.93. The molecular formula is C19H26N2O5. The second kappa shape index (κ2) is 7.95. The van der Waals surface area contributed by atoms with Crippen molar-refractivity contribution in [3.63, 3.8) is 0 Å². The summed E-state index contributed by atoms with van der Waals surface area (Å²) >= 11 is 0. The Morgan fingerprint density at radius 3 is 2.88 bits per heavy atom. The number of aliphatic hydroxyl groups is 1. The van der Waals surface area contributed by atoms with Crippen molar-refractivity contribution >= 4 is 11.8 Å². The van der Waals surface area contributed by atoms with E-state index in [9.17, 15) is 14.7 Å². The summed E-state index contributed by atoms with van der Waals surface area (Å²) in [5.41, 5.74) is 0.941. The van der Waals surface area contributed by atoms with Gasteiger partial charge in [-0.2, -0.15) is 0 Å². The van der Waals surface area contributed by atoms with Crippen molar-refractivity contribution in [2.45, 2.75) is 39.3 Å². The Labute approximate surface area is 153 Å². The lowest BCUT2D eigenvalue weighted by Gasteiger charge is -2.24. The highest BCUT2D eigenvalue weighted by Crippen LogP contribution is 2.33. The van der Waals surface area contributed by atoms with Crippen molar-refractivity contribution < 1.29 is 24.2 Å². The van der Waals surface area contributed by atoms with E-state index >= 15 is 0 Å². The van der Waals surface area contributed by atoms with Crippen molar-refractivity contribution in [3.8, 4) is 11.5 Å². The molecule has 2 N–H and O–H groups in total. The molecule has 2 aliphatic rings. The van der Waals surface area contributed by atoms with Crippen LogP contribution in [0.25, 0.3) is 0 Å². The van der Waals surface area contributed by atoms with E-state index in [1.807, 2.05) is 32.0 Å². The number of nitrogens with one attached hydrogen (secondary N) is 1. The van der Waals surface area contributed by atoms with Crippen LogP contribution in [0.15, 0.2) is 18.2 Å². The van der Waals surface area contributed by atoms with Crippen LogP contribution in [0.2, 0.25) is 0 Å². The number of aliphatic hydroxyl groups excluding tert-OH is 1. The predicted octanol–water partition coefficient (Wildman–Crippen LogP) is 1.29. The molecule has 0 aliphatic carbocycles. The van der Waals surface area contributed by atoms with Crippen LogP contribution < -0.4 is 14.8 Å². The van der Waals surface area contributed by atoms with Gasteiger partial charge in [-0.25, -0.2) is 0 Å². The van der Waals surface area contributed by atoms with E-state index < -0.39 is 0 Å². The minimum Gasteiger partial charge on any atom is -0.454 e. The van der Waals surface area contributed by atoms with Crippen LogP contribution in [0.4, 0.5) is 0 Å². The monoisotopic (exact) mass is 362 g/mol. The van der Waals surface area contributed by atoms with Crippen LogP contribution in [0, 0.1) is 11.8 Å². The van der Waals surface area contributed by atoms with Crippen LogP contribution >= 0.6 is 0 Å². The van der Waals surface area contributed by atoms with Gasteiger partial charge < -0.3 is 24.8 Å². The smallest absolute Gasteiger partial charge is 0.231 e. The maximum Gasteiger partial charge on any atom is 0.231 e. The van der Waals surface area contributed by atoms with Gasteiger partial charge in [0.05, 0.1) is 18.6 Å². The lowest BCUT2D eigenvalue weighted by atomic mass is 9.98. The zero-order valence-electron chi connectivity index (χ0n) is 15.2. The highest BCUT2D eigenvalue weighted by molar-refractivity contribution is 5.89. The number of likely N-dealkylation sites (tertiary alicyclic amines) is 1. The second-order valence-corrected chi connectivity index (χ2v) is 7.05. The SMILES string of the molecule is CC[C@H](C)[C@H](CO)NC(=O)[C@@H]1CC(=O)N(Cc2ccc3c(c2)OCO3)C1. The molecule has 2 heterocycles. The number of rotatable bonds is 7. The van der Waals surface area contributed by atoms with E-state index in [1.165, 1.54) is 0 Å². The first-order valence-electron chi connectivity index (χ1n) is 9.09. The van der Waals surface area contributed by atoms with Crippen molar-refractivity contribution in [2.75, 3.05) is 19.9 Å². The summed E-state index contributed by atoms with van der Waals surface area (Å²) < 4.78 is 10.7. The molecule has 0 spiro atoms. The Bertz CT molecular complexity index is 678. The molecule has 1 aromatic carbocycles. The molecule has 3 atom stereocenters. The summed E-state index contributed by atoms with van der Waals surface area (Å²) in [7, 11) is 0. The zero-order valence-corrected chi connectivity index (χ0v) is 15.2. The fourth-order valence-corrected chi connectivity index (χ4v) is 3.31. The number of carbonyl (C=O) groups is 2. The van der Waals surface area contributed by atoms with E-state index in [4.69, 9.17) is 9.47 Å². The normalized spacial score (nSPS) is 21.0. The van der Waals surface area contributed by atoms with E-state index in [-0.39, 0.29) is 49.5 Å². The molecule has 142 valence electrons. The Morgan fingerprint density at radius 1 is 1.38 bits per heavy atom. The third-order valence-corrected chi connectivity index (χ3v) is 5.25. The minimum absolute atomic E-state index is 0.0353. The number of amides is 2. The zero-order chi connectivity index (χ0) is 18.7. The van der Waals surface area contributed by atoms with Crippen LogP contribution in [-0.2, 0) is 16.1 Å². The van der Waals surface area contributed by atoms with E-state index in [2.05, 4.69) is 5.32 Å². The minimum atomic E-state index is -0.380. The van der Waals surface area contributed by atoms with Gasteiger partial charge in [0.2, 0.25) is 18.6 Å². The number of hydrogen-bond donors (Lipinski definition) is 2. The van der Waals surface area contributed by atoms with Crippen LogP contribution in [0.3, 0.4) is 0 Å². The molecule has 0 bridgehead atoms. The molecule has 0 radical (unpaired) electrons. The van der Waals surface area contributed by atoms with E-state index in [0.29, 0.717) is 24.6 Å². The van der Waals surface area contributed by atoms with Gasteiger partial charge >= 0.3 is 0 Å². The van der Waals surface area contributed by atoms with Crippen molar-refractivity contribution in [1.29, 1.82) is 0 Å². The summed E-state index contributed by atoms with van der Waals surface area (Å²) in [5.74, 6) is 1.000. The molecule has 0 aromatic heterocycles. The number of hydrogen-bond acceptors (Lipinski definition) is 5. The van der Waals surface area contributed by atoms with Crippen LogP contribution in [0.5, 0.6) is 11.5 Å². The Hall–Kier alpha value is -2.28. The summed E-state index contributed by atoms with van der Waals surface area (Å²) in [6.07, 6.45) is 1.07. The number of nitrogens with zero attached hydrogens (tertiary/aromatic N) is 1. The molecule has 26 heavy (non-hydrogen) atoms. The van der Waals surface area contributed by atoms with Gasteiger partial charge in [0.1, 0.15) is 0 Å². The molecule has 7 heteroatoms. The molecule has 3 rings (SSSR count). The van der Waals surface area contributed by atoms with Gasteiger partial charge in [-0.05, 0) is 23.6 Å². The lowest BCUT2D eigenvalue weighted by Crippen LogP contribution is -2.45. The average molecular weight is 362 g/mol. The Balaban J connectivity index is 1.58. The quantitative estimate of drug-likeness (QED) is 0.763. The summed E-state index contributed by atoms with van der Waals surface area (Å²) in [6.45, 7) is 4.96. The van der Waals surface area contributed by atoms with Gasteiger partial charge in [0.15, 0.2) is 11.5 Å². The summed E-state index contributed by atoms with van der Waals surface area (Å²) in [4.78, 5) is 26.5. The first kappa shape index (κ1) is 18.5. The van der Waals surface area contributed by atoms with Gasteiger partial charge in [-0.3, -0.25) is 9.59 Å². The maximum atomic E-state index is 12.5. The largest absolute Gasteiger partial charge is 0.454 e. The molecule has 1 saturated heterocycles. The first-order valence-corrected chi connectivity index (χ1v) is 9.09. The fourth-order valence-electron chi connectivity index (χ4n) is 3.31. The molecule has 2 aliphatic heterocycles. The molecule has 1 aromatic rings. The summed E-state index contributed by atoms with van der Waals surface area (Å²) in [6, 6.07) is 5.33. The lowest BCUT2D eigenvalue weighted by molar-refractivity contribution is -0.129. The number of carbonyl (C=O) groups excluding carboxylic acids is 2. The van der Waals surface area contributed by atoms with Gasteiger partial charge in [0.25, 0.3) is 0 Å². The Kier molecular flexibility index (Phi) is 5.66. The molecule has 7 nitrogen and oxygen atoms in total. The number of fused-ring (bicyclic) bond motifs is 1. The van der Waals surface area contributed by atoms with Gasteiger partial charge in [-0.15, -0.1) is 0 Å². The molecule has 0 saturated carbocycles. The predicted molar refractivity (Wildman–Crippen MR) is 94.6 cm³/mol. The van der Waals surface area contributed by atoms with E-state index in [1.54, 1.807) is 4.90 Å². The van der Waals surface area contributed by atoms with Crippen molar-refractivity contribution in [1.82, 2.24) is 10.2 Å². The molecular weight excluding hydrogens is 336 g/mol. The number of ether oxygens (including phenoxy) is 2. The molecule has 1 fully saturated rings. The Morgan fingerprint density at radius 2 is 2.15 bits per heavy atom. The third-order valence-electron chi connectivity index (χ3n) is 5.25. The molecule has 2 amide bonds. The highest BCUT2D eigenvalue weighted by Gasteiger charge is 2.35. The van der Waals surface area contributed by atoms with Crippen LogP contribution in [0.1, 0.15) is 32.3 Å². The standard InChI is InChI=1S/C19H26N2O5/c1-3-12(2)15(10-22)20-19(24)14-7-18(23)21(9-14)8-13-4-5-16-17(6-13)26-11-25-16/h4-6,12,14-15,22H,3,7-11H2,1-2H3,(H,20,24)/t12-,14+,15-/m0/s1. The maximum absolute atomic E-state index is 12.5. The summed E-state index contributed by atoms with van der Waals surface area (Å²) in [5, 5.41) is 12.4. The van der Waals surface area contributed by atoms with Crippen molar-refractivity contribution in [3.05, 3.63) is 23.8 Å². The average Bonchev–Trinajstić information content (AvgIpc) is 3.25. The molecule has 0 unspecified atom stereocenters. The van der Waals surface area contributed by atoms with Crippen molar-refractivity contribution in [2.24, 2.45) is 11.8 Å². The van der Waals surface area contributed by atoms with Gasteiger partial charge in [-0.1, -0.05) is 26.3 Å². The van der Waals surface area contributed by atoms with Crippen LogP contribution in [-0.4, -0.2) is 47.8 Å². The van der Waals surface area contributed by atoms with E-state index in [0.717, 1.165) is 12.0 Å². The number of benzene rings is 1. The fraction of sp³-hybridized carbons (Fsp3) is 0.579. The highest BCUT2D eigenvalue weighted by atomic mass is 16.7. The first-order chi connectivity index (χ1) is 12.5. The topological polar surface area (TPSA) is 88.1 Å². The van der Waals surface area contributed by atoms with Gasteiger partial charge in [0, 0.05) is 19.5 Å².